The molecular weight excluding hydrogens is 230 g/mol. The summed E-state index contributed by atoms with van der Waals surface area (Å²) < 4.78 is 0. The maximum atomic E-state index is 3.98. The Morgan fingerprint density at radius 2 is 1.37 bits per heavy atom. The topological polar surface area (TPSA) is 12.0 Å². The summed E-state index contributed by atoms with van der Waals surface area (Å²) in [5.74, 6) is 1.84. The average molecular weight is 265 g/mol. The fourth-order valence-corrected chi connectivity index (χ4v) is 4.30. The maximum Gasteiger partial charge on any atom is 0.0100 e. The predicted molar refractivity (Wildman–Crippen MR) is 84.4 cm³/mol. The molecule has 2 atom stereocenters. The van der Waals surface area contributed by atoms with Gasteiger partial charge in [0.05, 0.1) is 0 Å². The van der Waals surface area contributed by atoms with Crippen molar-refractivity contribution in [3.63, 3.8) is 0 Å². The lowest BCUT2D eigenvalue weighted by Gasteiger charge is -2.41. The highest BCUT2D eigenvalue weighted by Crippen LogP contribution is 2.38. The Kier molecular flexibility index (Phi) is 5.74. The van der Waals surface area contributed by atoms with Gasteiger partial charge in [-0.15, -0.1) is 0 Å². The summed E-state index contributed by atoms with van der Waals surface area (Å²) in [5, 5.41) is 3.98. The molecule has 0 amide bonds. The normalized spacial score (nSPS) is 31.1. The van der Waals surface area contributed by atoms with Crippen molar-refractivity contribution in [1.29, 1.82) is 0 Å². The molecule has 2 aliphatic rings. The van der Waals surface area contributed by atoms with Gasteiger partial charge in [0.1, 0.15) is 0 Å². The Morgan fingerprint density at radius 3 is 2.00 bits per heavy atom. The summed E-state index contributed by atoms with van der Waals surface area (Å²) in [6, 6.07) is 0.789. The molecule has 0 aromatic rings. The molecule has 1 heteroatoms. The van der Waals surface area contributed by atoms with Crippen molar-refractivity contribution >= 4 is 0 Å². The van der Waals surface area contributed by atoms with E-state index in [0.717, 1.165) is 17.9 Å². The third-order valence-corrected chi connectivity index (χ3v) is 5.52. The molecule has 0 radical (unpaired) electrons. The van der Waals surface area contributed by atoms with Crippen molar-refractivity contribution in [2.75, 3.05) is 6.54 Å². The van der Waals surface area contributed by atoms with Crippen molar-refractivity contribution in [2.24, 2.45) is 17.3 Å². The minimum Gasteiger partial charge on any atom is -0.313 e. The average Bonchev–Trinajstić information content (AvgIpc) is 2.64. The first-order valence-corrected chi connectivity index (χ1v) is 8.81. The van der Waals surface area contributed by atoms with Gasteiger partial charge in [-0.2, -0.15) is 0 Å². The van der Waals surface area contributed by atoms with Crippen LogP contribution in [0.2, 0.25) is 0 Å². The summed E-state index contributed by atoms with van der Waals surface area (Å²) in [6.07, 6.45) is 14.6. The molecule has 1 N–H and O–H groups in total. The first kappa shape index (κ1) is 15.4. The van der Waals surface area contributed by atoms with Crippen molar-refractivity contribution in [3.05, 3.63) is 0 Å². The van der Waals surface area contributed by atoms with Crippen LogP contribution >= 0.6 is 0 Å². The van der Waals surface area contributed by atoms with E-state index in [4.69, 9.17) is 0 Å². The standard InChI is InChI=1S/C18H35N/c1-18(2,3)16-12-8-9-13-17(16)19-14-15-10-6-4-5-7-11-15/h15-17,19H,4-14H2,1-3H3. The van der Waals surface area contributed by atoms with Crippen LogP contribution < -0.4 is 5.32 Å². The Hall–Kier alpha value is -0.0400. The van der Waals surface area contributed by atoms with Gasteiger partial charge >= 0.3 is 0 Å². The summed E-state index contributed by atoms with van der Waals surface area (Å²) in [6.45, 7) is 8.59. The molecule has 0 spiro atoms. The lowest BCUT2D eigenvalue weighted by Crippen LogP contribution is -2.45. The van der Waals surface area contributed by atoms with Gasteiger partial charge in [0, 0.05) is 6.04 Å². The van der Waals surface area contributed by atoms with Crippen LogP contribution in [0.5, 0.6) is 0 Å². The van der Waals surface area contributed by atoms with Crippen LogP contribution in [-0.4, -0.2) is 12.6 Å². The Bertz CT molecular complexity index is 245. The van der Waals surface area contributed by atoms with Crippen molar-refractivity contribution in [1.82, 2.24) is 5.32 Å². The number of hydrogen-bond acceptors (Lipinski definition) is 1. The predicted octanol–water partition coefficient (Wildman–Crippen LogP) is 5.15. The van der Waals surface area contributed by atoms with Crippen LogP contribution in [-0.2, 0) is 0 Å². The van der Waals surface area contributed by atoms with Gasteiger partial charge < -0.3 is 5.32 Å². The molecule has 0 aliphatic heterocycles. The fraction of sp³-hybridized carbons (Fsp3) is 1.00. The second-order valence-corrected chi connectivity index (χ2v) is 8.13. The van der Waals surface area contributed by atoms with Crippen LogP contribution in [0.25, 0.3) is 0 Å². The van der Waals surface area contributed by atoms with Crippen LogP contribution in [0, 0.1) is 17.3 Å². The van der Waals surface area contributed by atoms with Crippen molar-refractivity contribution < 1.29 is 0 Å². The molecule has 0 aromatic carbocycles. The summed E-state index contributed by atoms with van der Waals surface area (Å²) in [7, 11) is 0. The highest BCUT2D eigenvalue weighted by Gasteiger charge is 2.33. The van der Waals surface area contributed by atoms with E-state index in [2.05, 4.69) is 26.1 Å². The lowest BCUT2D eigenvalue weighted by molar-refractivity contribution is 0.127. The molecule has 2 saturated carbocycles. The third kappa shape index (κ3) is 4.77. The molecule has 0 heterocycles. The number of rotatable bonds is 3. The minimum absolute atomic E-state index is 0.474. The molecule has 112 valence electrons. The smallest absolute Gasteiger partial charge is 0.0100 e. The van der Waals surface area contributed by atoms with E-state index in [1.807, 2.05) is 0 Å². The van der Waals surface area contributed by atoms with Crippen LogP contribution in [0.4, 0.5) is 0 Å². The van der Waals surface area contributed by atoms with Gasteiger partial charge in [-0.25, -0.2) is 0 Å². The lowest BCUT2D eigenvalue weighted by atomic mass is 9.69. The van der Waals surface area contributed by atoms with Gasteiger partial charge in [0.2, 0.25) is 0 Å². The second kappa shape index (κ2) is 7.11. The number of hydrogen-bond donors (Lipinski definition) is 1. The zero-order chi connectivity index (χ0) is 13.7. The van der Waals surface area contributed by atoms with E-state index in [-0.39, 0.29) is 0 Å². The zero-order valence-corrected chi connectivity index (χ0v) is 13.5. The molecular formula is C18H35N. The van der Waals surface area contributed by atoms with Gasteiger partial charge in [0.25, 0.3) is 0 Å². The van der Waals surface area contributed by atoms with E-state index in [1.54, 1.807) is 0 Å². The first-order valence-electron chi connectivity index (χ1n) is 8.81. The summed E-state index contributed by atoms with van der Waals surface area (Å²) >= 11 is 0. The van der Waals surface area contributed by atoms with Gasteiger partial charge in [-0.05, 0) is 49.5 Å². The SMILES string of the molecule is CC(C)(C)C1CCCCC1NCC1CCCCCC1. The maximum absolute atomic E-state index is 3.98. The van der Waals surface area contributed by atoms with Gasteiger partial charge in [0.15, 0.2) is 0 Å². The molecule has 19 heavy (non-hydrogen) atoms. The number of nitrogens with one attached hydrogen (secondary N) is 1. The minimum atomic E-state index is 0.474. The van der Waals surface area contributed by atoms with Crippen LogP contribution in [0.1, 0.15) is 85.0 Å². The highest BCUT2D eigenvalue weighted by molar-refractivity contribution is 4.88. The molecule has 2 rings (SSSR count). The molecule has 2 aliphatic carbocycles. The van der Waals surface area contributed by atoms with E-state index in [9.17, 15) is 0 Å². The van der Waals surface area contributed by atoms with Gasteiger partial charge in [-0.1, -0.05) is 59.3 Å². The van der Waals surface area contributed by atoms with E-state index >= 15 is 0 Å². The van der Waals surface area contributed by atoms with E-state index in [1.165, 1.54) is 70.8 Å². The van der Waals surface area contributed by atoms with E-state index < -0.39 is 0 Å². The third-order valence-electron chi connectivity index (χ3n) is 5.52. The fourth-order valence-electron chi connectivity index (χ4n) is 4.30. The van der Waals surface area contributed by atoms with Crippen LogP contribution in [0.15, 0.2) is 0 Å². The Balaban J connectivity index is 1.82. The molecule has 0 bridgehead atoms. The summed E-state index contributed by atoms with van der Waals surface area (Å²) in [4.78, 5) is 0. The van der Waals surface area contributed by atoms with Crippen LogP contribution in [0.3, 0.4) is 0 Å². The van der Waals surface area contributed by atoms with Crippen molar-refractivity contribution in [3.8, 4) is 0 Å². The van der Waals surface area contributed by atoms with E-state index in [0.29, 0.717) is 5.41 Å². The largest absolute Gasteiger partial charge is 0.313 e. The molecule has 0 aromatic heterocycles. The highest BCUT2D eigenvalue weighted by atomic mass is 14.9. The Labute approximate surface area is 120 Å². The molecule has 1 nitrogen and oxygen atoms in total. The Morgan fingerprint density at radius 1 is 0.789 bits per heavy atom. The second-order valence-electron chi connectivity index (χ2n) is 8.13. The monoisotopic (exact) mass is 265 g/mol. The zero-order valence-electron chi connectivity index (χ0n) is 13.5. The first-order chi connectivity index (χ1) is 9.07. The van der Waals surface area contributed by atoms with Crippen molar-refractivity contribution in [2.45, 2.75) is 91.0 Å². The van der Waals surface area contributed by atoms with Gasteiger partial charge in [-0.3, -0.25) is 0 Å². The molecule has 0 saturated heterocycles. The summed E-state index contributed by atoms with van der Waals surface area (Å²) in [5.41, 5.74) is 0.474. The molecule has 2 fully saturated rings. The quantitative estimate of drug-likeness (QED) is 0.696. The molecule has 2 unspecified atom stereocenters.